The van der Waals surface area contributed by atoms with Crippen LogP contribution in [0.5, 0.6) is 0 Å². The van der Waals surface area contributed by atoms with Gasteiger partial charge in [0.25, 0.3) is 0 Å². The fourth-order valence-corrected chi connectivity index (χ4v) is 3.24. The van der Waals surface area contributed by atoms with Gasteiger partial charge in [0.15, 0.2) is 5.60 Å². The third-order valence-corrected chi connectivity index (χ3v) is 5.44. The molecule has 0 aliphatic heterocycles. The van der Waals surface area contributed by atoms with E-state index in [2.05, 4.69) is 37.7 Å². The Hall–Kier alpha value is -2.20. The van der Waals surface area contributed by atoms with Crippen molar-refractivity contribution < 1.29 is 19.4 Å². The molecule has 0 aromatic heterocycles. The van der Waals surface area contributed by atoms with E-state index in [4.69, 9.17) is 0 Å². The van der Waals surface area contributed by atoms with E-state index < -0.39 is 17.5 Å². The van der Waals surface area contributed by atoms with Crippen molar-refractivity contribution in [3.8, 4) is 0 Å². The summed E-state index contributed by atoms with van der Waals surface area (Å²) in [5, 5.41) is 9.79. The number of ether oxygens (including phenoxy) is 1. The summed E-state index contributed by atoms with van der Waals surface area (Å²) in [5.41, 5.74) is 3.21. The quantitative estimate of drug-likeness (QED) is 0.256. The van der Waals surface area contributed by atoms with Crippen molar-refractivity contribution >= 4 is 11.9 Å². The second kappa shape index (κ2) is 10.5. The van der Waals surface area contributed by atoms with E-state index in [-0.39, 0.29) is 11.8 Å². The van der Waals surface area contributed by atoms with E-state index >= 15 is 0 Å². The summed E-state index contributed by atoms with van der Waals surface area (Å²) < 4.78 is 4.67. The fourth-order valence-electron chi connectivity index (χ4n) is 3.24. The molecule has 4 nitrogen and oxygen atoms in total. The molecule has 1 atom stereocenters. The van der Waals surface area contributed by atoms with E-state index in [1.165, 1.54) is 43.4 Å². The van der Waals surface area contributed by atoms with Crippen LogP contribution in [0.1, 0.15) is 74.1 Å². The lowest BCUT2D eigenvalue weighted by Crippen LogP contribution is -2.37. The van der Waals surface area contributed by atoms with Crippen molar-refractivity contribution in [2.24, 2.45) is 5.41 Å². The molecule has 29 heavy (non-hydrogen) atoms. The molecule has 0 aromatic carbocycles. The van der Waals surface area contributed by atoms with E-state index in [0.717, 1.165) is 5.57 Å². The van der Waals surface area contributed by atoms with Gasteiger partial charge in [-0.3, -0.25) is 0 Å². The maximum absolute atomic E-state index is 11.8. The summed E-state index contributed by atoms with van der Waals surface area (Å²) in [4.78, 5) is 23.5. The molecule has 0 radical (unpaired) electrons. The van der Waals surface area contributed by atoms with Gasteiger partial charge in [0, 0.05) is 6.08 Å². The Morgan fingerprint density at radius 1 is 1.21 bits per heavy atom. The highest BCUT2D eigenvalue weighted by Gasteiger charge is 2.31. The van der Waals surface area contributed by atoms with Gasteiger partial charge in [0.2, 0.25) is 0 Å². The van der Waals surface area contributed by atoms with Crippen LogP contribution >= 0.6 is 0 Å². The van der Waals surface area contributed by atoms with Crippen molar-refractivity contribution in [3.05, 3.63) is 58.7 Å². The van der Waals surface area contributed by atoms with Gasteiger partial charge in [0.1, 0.15) is 0 Å². The lowest BCUT2D eigenvalue weighted by molar-refractivity contribution is -0.170. The molecule has 0 spiro atoms. The SMILES string of the molecule is CCC(C)(O)C(=O)OC(=O)C=C(C)C=CC=C(C)C=CC1=C(C)CCCC1(C)C. The molecular weight excluding hydrogens is 364 g/mol. The highest BCUT2D eigenvalue weighted by atomic mass is 16.6. The summed E-state index contributed by atoms with van der Waals surface area (Å²) in [6, 6.07) is 0. The average molecular weight is 401 g/mol. The van der Waals surface area contributed by atoms with Crippen LogP contribution in [0, 0.1) is 5.41 Å². The van der Waals surface area contributed by atoms with E-state index in [0.29, 0.717) is 5.57 Å². The molecule has 4 heteroatoms. The normalized spacial score (nSPS) is 20.3. The smallest absolute Gasteiger partial charge is 0.345 e. The molecule has 0 saturated heterocycles. The summed E-state index contributed by atoms with van der Waals surface area (Å²) in [6.07, 6.45) is 15.0. The van der Waals surface area contributed by atoms with Gasteiger partial charge in [-0.05, 0) is 69.9 Å². The third-order valence-electron chi connectivity index (χ3n) is 5.44. The topological polar surface area (TPSA) is 63.6 Å². The van der Waals surface area contributed by atoms with Crippen LogP contribution in [0.3, 0.4) is 0 Å². The second-order valence-electron chi connectivity index (χ2n) is 8.76. The van der Waals surface area contributed by atoms with Crippen LogP contribution in [0.2, 0.25) is 0 Å². The molecule has 1 unspecified atom stereocenters. The lowest BCUT2D eigenvalue weighted by Gasteiger charge is -2.32. The van der Waals surface area contributed by atoms with Crippen molar-refractivity contribution in [2.45, 2.75) is 79.8 Å². The first-order valence-electron chi connectivity index (χ1n) is 10.3. The van der Waals surface area contributed by atoms with E-state index in [1.54, 1.807) is 19.9 Å². The molecule has 1 aliphatic carbocycles. The summed E-state index contributed by atoms with van der Waals surface area (Å²) >= 11 is 0. The first-order valence-corrected chi connectivity index (χ1v) is 10.3. The number of esters is 2. The summed E-state index contributed by atoms with van der Waals surface area (Å²) in [7, 11) is 0. The van der Waals surface area contributed by atoms with Gasteiger partial charge in [0.05, 0.1) is 0 Å². The highest BCUT2D eigenvalue weighted by Crippen LogP contribution is 2.40. The summed E-state index contributed by atoms with van der Waals surface area (Å²) in [5.74, 6) is -1.72. The second-order valence-corrected chi connectivity index (χ2v) is 8.76. The van der Waals surface area contributed by atoms with Crippen molar-refractivity contribution in [1.82, 2.24) is 0 Å². The Morgan fingerprint density at radius 2 is 1.86 bits per heavy atom. The van der Waals surface area contributed by atoms with Crippen LogP contribution in [0.4, 0.5) is 0 Å². The standard InChI is InChI=1S/C25H36O4/c1-8-25(7,28)23(27)29-22(26)17-19(3)12-9-11-18(2)14-15-21-20(4)13-10-16-24(21,5)6/h9,11-12,14-15,17,28H,8,10,13,16H2,1-7H3. The monoisotopic (exact) mass is 400 g/mol. The van der Waals surface area contributed by atoms with Crippen LogP contribution in [0.25, 0.3) is 0 Å². The van der Waals surface area contributed by atoms with Crippen LogP contribution in [-0.4, -0.2) is 22.6 Å². The zero-order chi connectivity index (χ0) is 22.2. The molecule has 0 saturated carbocycles. The fraction of sp³-hybridized carbons (Fsp3) is 0.520. The Morgan fingerprint density at radius 3 is 2.45 bits per heavy atom. The van der Waals surface area contributed by atoms with Gasteiger partial charge in [-0.25, -0.2) is 9.59 Å². The van der Waals surface area contributed by atoms with Crippen LogP contribution < -0.4 is 0 Å². The first-order chi connectivity index (χ1) is 13.4. The van der Waals surface area contributed by atoms with Crippen LogP contribution in [-0.2, 0) is 14.3 Å². The molecule has 1 rings (SSSR count). The molecule has 1 aliphatic rings. The Balaban J connectivity index is 2.72. The molecule has 0 fully saturated rings. The number of aliphatic hydroxyl groups is 1. The molecular formula is C25H36O4. The average Bonchev–Trinajstić information content (AvgIpc) is 2.60. The highest BCUT2D eigenvalue weighted by molar-refractivity contribution is 5.95. The Labute approximate surface area is 175 Å². The zero-order valence-corrected chi connectivity index (χ0v) is 19.0. The number of hydrogen-bond donors (Lipinski definition) is 1. The molecule has 160 valence electrons. The number of hydrogen-bond acceptors (Lipinski definition) is 4. The van der Waals surface area contributed by atoms with Gasteiger partial charge < -0.3 is 9.84 Å². The minimum atomic E-state index is -1.65. The molecule has 0 bridgehead atoms. The van der Waals surface area contributed by atoms with Gasteiger partial charge in [-0.15, -0.1) is 0 Å². The van der Waals surface area contributed by atoms with Gasteiger partial charge in [-0.1, -0.05) is 62.3 Å². The summed E-state index contributed by atoms with van der Waals surface area (Å²) in [6.45, 7) is 13.6. The predicted octanol–water partition coefficient (Wildman–Crippen LogP) is 5.75. The van der Waals surface area contributed by atoms with Crippen molar-refractivity contribution in [1.29, 1.82) is 0 Å². The third kappa shape index (κ3) is 7.98. The van der Waals surface area contributed by atoms with Crippen LogP contribution in [0.15, 0.2) is 58.7 Å². The van der Waals surface area contributed by atoms with Gasteiger partial charge >= 0.3 is 11.9 Å². The number of carbonyl (C=O) groups excluding carboxylic acids is 2. The number of carbonyl (C=O) groups is 2. The molecule has 0 aromatic rings. The molecule has 0 heterocycles. The Kier molecular flexibility index (Phi) is 9.03. The predicted molar refractivity (Wildman–Crippen MR) is 118 cm³/mol. The minimum absolute atomic E-state index is 0.174. The first kappa shape index (κ1) is 24.8. The minimum Gasteiger partial charge on any atom is -0.388 e. The van der Waals surface area contributed by atoms with E-state index in [9.17, 15) is 14.7 Å². The largest absolute Gasteiger partial charge is 0.388 e. The molecule has 0 amide bonds. The number of rotatable bonds is 7. The van der Waals surface area contributed by atoms with E-state index in [1.807, 2.05) is 19.1 Å². The Bertz CT molecular complexity index is 771. The maximum atomic E-state index is 11.8. The van der Waals surface area contributed by atoms with Crippen molar-refractivity contribution in [2.75, 3.05) is 0 Å². The van der Waals surface area contributed by atoms with Gasteiger partial charge in [-0.2, -0.15) is 0 Å². The zero-order valence-electron chi connectivity index (χ0n) is 19.0. The maximum Gasteiger partial charge on any atom is 0.345 e. The lowest BCUT2D eigenvalue weighted by atomic mass is 9.72. The van der Waals surface area contributed by atoms with Crippen molar-refractivity contribution in [3.63, 3.8) is 0 Å². The number of allylic oxidation sites excluding steroid dienone is 9. The molecule has 1 N–H and O–H groups in total.